The van der Waals surface area contributed by atoms with Crippen LogP contribution in [-0.4, -0.2) is 50.7 Å². The third kappa shape index (κ3) is 4.31. The van der Waals surface area contributed by atoms with Gasteiger partial charge in [-0.3, -0.25) is 4.79 Å². The van der Waals surface area contributed by atoms with Crippen LogP contribution in [0.2, 0.25) is 0 Å². The zero-order valence-electron chi connectivity index (χ0n) is 18.4. The SMILES string of the molecule is COc1c([C@H]2[C@H](C(=O)NCC3(C)CCOCC3)O[C@@](C)(C(F)(F)F)[C@H]2C)ccc(F)c1F. The van der Waals surface area contributed by atoms with Gasteiger partial charge in [-0.05, 0) is 31.2 Å². The van der Waals surface area contributed by atoms with Crippen LogP contribution in [0.25, 0.3) is 0 Å². The minimum Gasteiger partial charge on any atom is -0.493 e. The Balaban J connectivity index is 1.96. The average Bonchev–Trinajstić information content (AvgIpc) is 3.01. The molecule has 2 aliphatic rings. The Labute approximate surface area is 183 Å². The zero-order chi connectivity index (χ0) is 23.9. The standard InChI is InChI=1S/C22H28F5NO4/c1-12-15(13-5-6-14(23)16(24)17(13)30-4)18(32-21(12,3)22(25,26)27)19(29)28-11-20(2)7-9-31-10-8-20/h5-6,12,15,18H,7-11H2,1-4H3,(H,28,29)/t12-,15-,18+,21+/m0/s1. The van der Waals surface area contributed by atoms with Crippen molar-refractivity contribution < 1.29 is 41.0 Å². The van der Waals surface area contributed by atoms with Crippen LogP contribution in [0, 0.1) is 23.0 Å². The molecule has 2 heterocycles. The lowest BCUT2D eigenvalue weighted by Gasteiger charge is -2.34. The topological polar surface area (TPSA) is 56.8 Å². The second-order valence-corrected chi connectivity index (χ2v) is 9.08. The molecule has 0 aromatic heterocycles. The van der Waals surface area contributed by atoms with Gasteiger partial charge in [0, 0.05) is 37.2 Å². The van der Waals surface area contributed by atoms with Gasteiger partial charge < -0.3 is 19.5 Å². The molecule has 0 spiro atoms. The Morgan fingerprint density at radius 3 is 2.41 bits per heavy atom. The van der Waals surface area contributed by atoms with Gasteiger partial charge >= 0.3 is 6.18 Å². The second-order valence-electron chi connectivity index (χ2n) is 9.08. The molecule has 0 unspecified atom stereocenters. The van der Waals surface area contributed by atoms with Gasteiger partial charge in [0.05, 0.1) is 7.11 Å². The molecule has 1 N–H and O–H groups in total. The Morgan fingerprint density at radius 1 is 1.22 bits per heavy atom. The molecule has 0 saturated carbocycles. The lowest BCUT2D eigenvalue weighted by molar-refractivity contribution is -0.272. The number of rotatable bonds is 5. The first-order chi connectivity index (χ1) is 14.8. The third-order valence-electron chi connectivity index (χ3n) is 6.96. The number of alkyl halides is 3. The van der Waals surface area contributed by atoms with Gasteiger partial charge in [0.15, 0.2) is 17.2 Å². The fourth-order valence-corrected chi connectivity index (χ4v) is 4.48. The fourth-order valence-electron chi connectivity index (χ4n) is 4.48. The maximum atomic E-state index is 14.4. The predicted molar refractivity (Wildman–Crippen MR) is 105 cm³/mol. The Hall–Kier alpha value is -1.94. The normalized spacial score (nSPS) is 30.2. The number of nitrogens with one attached hydrogen (secondary N) is 1. The van der Waals surface area contributed by atoms with Crippen LogP contribution >= 0.6 is 0 Å². The van der Waals surface area contributed by atoms with E-state index < -0.39 is 53.0 Å². The minimum absolute atomic E-state index is 0.0516. The molecule has 1 aromatic carbocycles. The highest BCUT2D eigenvalue weighted by Crippen LogP contribution is 2.54. The van der Waals surface area contributed by atoms with E-state index >= 15 is 0 Å². The van der Waals surface area contributed by atoms with E-state index in [9.17, 15) is 26.7 Å². The Kier molecular flexibility index (Phi) is 6.77. The van der Waals surface area contributed by atoms with Gasteiger partial charge in [-0.2, -0.15) is 17.6 Å². The number of amides is 1. The van der Waals surface area contributed by atoms with Gasteiger partial charge in [-0.15, -0.1) is 0 Å². The van der Waals surface area contributed by atoms with Gasteiger partial charge in [-0.1, -0.05) is 19.9 Å². The molecule has 1 amide bonds. The molecule has 1 aromatic rings. The van der Waals surface area contributed by atoms with Crippen LogP contribution in [0.4, 0.5) is 22.0 Å². The molecule has 10 heteroatoms. The minimum atomic E-state index is -4.79. The molecule has 180 valence electrons. The van der Waals surface area contributed by atoms with Crippen LogP contribution in [-0.2, 0) is 14.3 Å². The van der Waals surface area contributed by atoms with E-state index in [1.807, 2.05) is 6.92 Å². The summed E-state index contributed by atoms with van der Waals surface area (Å²) in [5.41, 5.74) is -2.98. The number of hydrogen-bond donors (Lipinski definition) is 1. The quantitative estimate of drug-likeness (QED) is 0.658. The van der Waals surface area contributed by atoms with Crippen molar-refractivity contribution in [1.82, 2.24) is 5.32 Å². The van der Waals surface area contributed by atoms with E-state index in [1.165, 1.54) is 6.92 Å². The summed E-state index contributed by atoms with van der Waals surface area (Å²) in [6, 6.07) is 1.95. The van der Waals surface area contributed by atoms with Crippen molar-refractivity contribution in [3.05, 3.63) is 29.3 Å². The summed E-state index contributed by atoms with van der Waals surface area (Å²) in [6.45, 7) is 5.40. The lowest BCUT2D eigenvalue weighted by atomic mass is 9.76. The van der Waals surface area contributed by atoms with E-state index in [2.05, 4.69) is 5.32 Å². The summed E-state index contributed by atoms with van der Waals surface area (Å²) >= 11 is 0. The monoisotopic (exact) mass is 465 g/mol. The maximum Gasteiger partial charge on any atom is 0.417 e. The number of carbonyl (C=O) groups is 1. The number of ether oxygens (including phenoxy) is 3. The smallest absolute Gasteiger partial charge is 0.417 e. The second kappa shape index (κ2) is 8.78. The van der Waals surface area contributed by atoms with Gasteiger partial charge in [0.25, 0.3) is 0 Å². The number of methoxy groups -OCH3 is 1. The van der Waals surface area contributed by atoms with Crippen molar-refractivity contribution in [2.75, 3.05) is 26.9 Å². The summed E-state index contributed by atoms with van der Waals surface area (Å²) < 4.78 is 85.6. The highest BCUT2D eigenvalue weighted by atomic mass is 19.4. The van der Waals surface area contributed by atoms with Crippen molar-refractivity contribution in [2.24, 2.45) is 11.3 Å². The number of hydrogen-bond acceptors (Lipinski definition) is 4. The molecule has 4 atom stereocenters. The summed E-state index contributed by atoms with van der Waals surface area (Å²) in [5, 5.41) is 2.71. The van der Waals surface area contributed by atoms with Crippen LogP contribution in [0.5, 0.6) is 5.75 Å². The molecule has 5 nitrogen and oxygen atoms in total. The molecule has 0 radical (unpaired) electrons. The van der Waals surface area contributed by atoms with Crippen LogP contribution in [0.3, 0.4) is 0 Å². The molecule has 0 bridgehead atoms. The molecule has 32 heavy (non-hydrogen) atoms. The van der Waals surface area contributed by atoms with E-state index in [-0.39, 0.29) is 17.5 Å². The number of benzene rings is 1. The molecule has 0 aliphatic carbocycles. The number of carbonyl (C=O) groups excluding carboxylic acids is 1. The van der Waals surface area contributed by atoms with E-state index in [1.54, 1.807) is 0 Å². The van der Waals surface area contributed by atoms with Crippen LogP contribution in [0.15, 0.2) is 12.1 Å². The molecular formula is C22H28F5NO4. The largest absolute Gasteiger partial charge is 0.493 e. The van der Waals surface area contributed by atoms with Crippen molar-refractivity contribution in [3.63, 3.8) is 0 Å². The summed E-state index contributed by atoms with van der Waals surface area (Å²) in [4.78, 5) is 13.1. The highest BCUT2D eigenvalue weighted by Gasteiger charge is 2.65. The Morgan fingerprint density at radius 2 is 1.84 bits per heavy atom. The molecule has 2 fully saturated rings. The first-order valence-electron chi connectivity index (χ1n) is 10.5. The summed E-state index contributed by atoms with van der Waals surface area (Å²) in [7, 11) is 1.09. The first-order valence-corrected chi connectivity index (χ1v) is 10.5. The molecule has 2 aliphatic heterocycles. The van der Waals surface area contributed by atoms with E-state index in [4.69, 9.17) is 14.2 Å². The van der Waals surface area contributed by atoms with Gasteiger partial charge in [-0.25, -0.2) is 4.39 Å². The van der Waals surface area contributed by atoms with Gasteiger partial charge in [0.2, 0.25) is 11.7 Å². The van der Waals surface area contributed by atoms with Crippen molar-refractivity contribution in [2.45, 2.75) is 57.4 Å². The van der Waals surface area contributed by atoms with Crippen LogP contribution < -0.4 is 10.1 Å². The van der Waals surface area contributed by atoms with E-state index in [0.29, 0.717) is 26.1 Å². The zero-order valence-corrected chi connectivity index (χ0v) is 18.4. The molecular weight excluding hydrogens is 437 g/mol. The Bertz CT molecular complexity index is 855. The fraction of sp³-hybridized carbons (Fsp3) is 0.682. The lowest BCUT2D eigenvalue weighted by Crippen LogP contribution is -2.48. The molecule has 3 rings (SSSR count). The van der Waals surface area contributed by atoms with Crippen molar-refractivity contribution in [3.8, 4) is 5.75 Å². The average molecular weight is 465 g/mol. The maximum absolute atomic E-state index is 14.4. The highest BCUT2D eigenvalue weighted by molar-refractivity contribution is 5.83. The molecule has 2 saturated heterocycles. The first kappa shape index (κ1) is 24.7. The summed E-state index contributed by atoms with van der Waals surface area (Å²) in [5.74, 6) is -6.30. The van der Waals surface area contributed by atoms with Gasteiger partial charge in [0.1, 0.15) is 6.10 Å². The van der Waals surface area contributed by atoms with Crippen LogP contribution in [0.1, 0.15) is 45.1 Å². The number of halogens is 5. The summed E-state index contributed by atoms with van der Waals surface area (Å²) in [6.07, 6.45) is -4.98. The van der Waals surface area contributed by atoms with Crippen molar-refractivity contribution >= 4 is 5.91 Å². The predicted octanol–water partition coefficient (Wildman–Crippen LogP) is 4.35. The van der Waals surface area contributed by atoms with E-state index in [0.717, 1.165) is 26.2 Å². The van der Waals surface area contributed by atoms with Crippen molar-refractivity contribution in [1.29, 1.82) is 0 Å². The third-order valence-corrected chi connectivity index (χ3v) is 6.96.